The van der Waals surface area contributed by atoms with Crippen molar-refractivity contribution < 1.29 is 9.53 Å². The van der Waals surface area contributed by atoms with Crippen molar-refractivity contribution in [3.63, 3.8) is 0 Å². The summed E-state index contributed by atoms with van der Waals surface area (Å²) in [6.45, 7) is 10.3. The van der Waals surface area contributed by atoms with E-state index in [4.69, 9.17) is 9.72 Å². The molecule has 6 nitrogen and oxygen atoms in total. The van der Waals surface area contributed by atoms with Crippen LogP contribution in [0.15, 0.2) is 0 Å². The highest BCUT2D eigenvalue weighted by Gasteiger charge is 2.41. The van der Waals surface area contributed by atoms with Crippen molar-refractivity contribution in [1.82, 2.24) is 14.9 Å². The molecule has 0 radical (unpaired) electrons. The number of methoxy groups -OCH3 is 1. The molecule has 1 spiro atoms. The minimum Gasteiger partial charge on any atom is -0.383 e. The van der Waals surface area contributed by atoms with Gasteiger partial charge in [0, 0.05) is 51.0 Å². The number of piperidine rings is 2. The topological polar surface area (TPSA) is 58.6 Å². The van der Waals surface area contributed by atoms with Crippen molar-refractivity contribution in [2.75, 3.05) is 44.8 Å². The second-order valence-corrected chi connectivity index (χ2v) is 7.60. The van der Waals surface area contributed by atoms with Gasteiger partial charge in [-0.2, -0.15) is 0 Å². The van der Waals surface area contributed by atoms with Gasteiger partial charge in [0.15, 0.2) is 0 Å². The van der Waals surface area contributed by atoms with Gasteiger partial charge in [-0.15, -0.1) is 0 Å². The summed E-state index contributed by atoms with van der Waals surface area (Å²) in [5, 5.41) is 0. The summed E-state index contributed by atoms with van der Waals surface area (Å²) < 4.78 is 5.16. The van der Waals surface area contributed by atoms with E-state index in [1.807, 2.05) is 11.8 Å². The summed E-state index contributed by atoms with van der Waals surface area (Å²) in [4.78, 5) is 25.7. The maximum atomic E-state index is 12.2. The van der Waals surface area contributed by atoms with Gasteiger partial charge in [0.1, 0.15) is 11.6 Å². The van der Waals surface area contributed by atoms with Gasteiger partial charge in [-0.3, -0.25) is 4.79 Å². The molecule has 2 aliphatic heterocycles. The van der Waals surface area contributed by atoms with E-state index in [0.29, 0.717) is 19.6 Å². The fraction of sp³-hybridized carbons (Fsp3) is 0.737. The average Bonchev–Trinajstić information content (AvgIpc) is 2.60. The van der Waals surface area contributed by atoms with Gasteiger partial charge < -0.3 is 14.5 Å². The minimum absolute atomic E-state index is 0.267. The van der Waals surface area contributed by atoms with Crippen molar-refractivity contribution in [1.29, 1.82) is 0 Å². The normalized spacial score (nSPS) is 20.4. The summed E-state index contributed by atoms with van der Waals surface area (Å²) in [6, 6.07) is 0. The van der Waals surface area contributed by atoms with Crippen LogP contribution in [-0.4, -0.2) is 60.7 Å². The Kier molecular flexibility index (Phi) is 5.27. The summed E-state index contributed by atoms with van der Waals surface area (Å²) in [7, 11) is 1.69. The predicted octanol–water partition coefficient (Wildman–Crippen LogP) is 2.26. The Hall–Kier alpha value is -1.69. The van der Waals surface area contributed by atoms with E-state index in [1.54, 1.807) is 7.11 Å². The number of hydrogen-bond acceptors (Lipinski definition) is 5. The zero-order chi connectivity index (χ0) is 18.0. The fourth-order valence-corrected chi connectivity index (χ4v) is 4.17. The van der Waals surface area contributed by atoms with E-state index in [-0.39, 0.29) is 11.3 Å². The van der Waals surface area contributed by atoms with Crippen LogP contribution in [-0.2, 0) is 9.53 Å². The summed E-state index contributed by atoms with van der Waals surface area (Å²) >= 11 is 0. The standard InChI is InChI=1S/C19H30N4O2/c1-14-15(2)20-16(3)21-18(14)22-9-7-19(8-10-22)6-5-17(24)23(13-19)11-12-25-4/h5-13H2,1-4H3. The number of hydrogen-bond donors (Lipinski definition) is 0. The van der Waals surface area contributed by atoms with Crippen LogP contribution in [0.1, 0.15) is 42.8 Å². The second kappa shape index (κ2) is 7.28. The van der Waals surface area contributed by atoms with E-state index < -0.39 is 0 Å². The van der Waals surface area contributed by atoms with Crippen molar-refractivity contribution in [3.8, 4) is 0 Å². The molecule has 1 aromatic heterocycles. The lowest BCUT2D eigenvalue weighted by Crippen LogP contribution is -2.52. The smallest absolute Gasteiger partial charge is 0.222 e. The Bertz CT molecular complexity index is 639. The molecule has 3 rings (SSSR count). The predicted molar refractivity (Wildman–Crippen MR) is 97.8 cm³/mol. The first-order valence-corrected chi connectivity index (χ1v) is 9.28. The molecule has 2 aliphatic rings. The molecule has 0 atom stereocenters. The number of nitrogens with zero attached hydrogens (tertiary/aromatic N) is 4. The van der Waals surface area contributed by atoms with Crippen LogP contribution < -0.4 is 4.90 Å². The molecule has 0 N–H and O–H groups in total. The number of aryl methyl sites for hydroxylation is 2. The Morgan fingerprint density at radius 1 is 1.12 bits per heavy atom. The minimum atomic E-state index is 0.267. The Morgan fingerprint density at radius 3 is 2.52 bits per heavy atom. The number of ether oxygens (including phenoxy) is 1. The molecule has 0 aliphatic carbocycles. The SMILES string of the molecule is COCCN1CC2(CCC1=O)CCN(c1nc(C)nc(C)c1C)CC2. The lowest BCUT2D eigenvalue weighted by molar-refractivity contribution is -0.139. The van der Waals surface area contributed by atoms with E-state index in [2.05, 4.69) is 23.7 Å². The average molecular weight is 346 g/mol. The Labute approximate surface area is 150 Å². The molecule has 138 valence electrons. The van der Waals surface area contributed by atoms with Crippen LogP contribution >= 0.6 is 0 Å². The largest absolute Gasteiger partial charge is 0.383 e. The molecule has 1 aromatic rings. The summed E-state index contributed by atoms with van der Waals surface area (Å²) in [6.07, 6.45) is 3.93. The van der Waals surface area contributed by atoms with Gasteiger partial charge in [0.25, 0.3) is 0 Å². The monoisotopic (exact) mass is 346 g/mol. The van der Waals surface area contributed by atoms with E-state index in [0.717, 1.165) is 56.2 Å². The molecular formula is C19H30N4O2. The van der Waals surface area contributed by atoms with Gasteiger partial charge in [-0.05, 0) is 45.4 Å². The van der Waals surface area contributed by atoms with Crippen molar-refractivity contribution in [2.24, 2.45) is 5.41 Å². The van der Waals surface area contributed by atoms with Crippen molar-refractivity contribution in [3.05, 3.63) is 17.1 Å². The zero-order valence-electron chi connectivity index (χ0n) is 16.0. The van der Waals surface area contributed by atoms with Gasteiger partial charge in [-0.1, -0.05) is 0 Å². The number of likely N-dealkylation sites (tertiary alicyclic amines) is 1. The van der Waals surface area contributed by atoms with Crippen LogP contribution in [0.25, 0.3) is 0 Å². The van der Waals surface area contributed by atoms with Crippen LogP contribution in [0, 0.1) is 26.2 Å². The maximum absolute atomic E-state index is 12.2. The third kappa shape index (κ3) is 3.78. The van der Waals surface area contributed by atoms with Crippen LogP contribution in [0.2, 0.25) is 0 Å². The first-order chi connectivity index (χ1) is 11.9. The highest BCUT2D eigenvalue weighted by molar-refractivity contribution is 5.77. The molecule has 6 heteroatoms. The van der Waals surface area contributed by atoms with Crippen LogP contribution in [0.5, 0.6) is 0 Å². The molecular weight excluding hydrogens is 316 g/mol. The number of rotatable bonds is 4. The van der Waals surface area contributed by atoms with Crippen LogP contribution in [0.3, 0.4) is 0 Å². The number of anilines is 1. The quantitative estimate of drug-likeness (QED) is 0.837. The van der Waals surface area contributed by atoms with E-state index >= 15 is 0 Å². The van der Waals surface area contributed by atoms with Crippen molar-refractivity contribution >= 4 is 11.7 Å². The molecule has 2 fully saturated rings. The molecule has 25 heavy (non-hydrogen) atoms. The zero-order valence-corrected chi connectivity index (χ0v) is 16.0. The van der Waals surface area contributed by atoms with Crippen molar-refractivity contribution in [2.45, 2.75) is 46.5 Å². The van der Waals surface area contributed by atoms with Gasteiger partial charge in [0.2, 0.25) is 5.91 Å². The first-order valence-electron chi connectivity index (χ1n) is 9.28. The maximum Gasteiger partial charge on any atom is 0.222 e. The third-order valence-electron chi connectivity index (χ3n) is 5.91. The molecule has 2 saturated heterocycles. The number of carbonyl (C=O) groups is 1. The molecule has 0 aromatic carbocycles. The molecule has 0 unspecified atom stereocenters. The van der Waals surface area contributed by atoms with Crippen LogP contribution in [0.4, 0.5) is 5.82 Å². The van der Waals surface area contributed by atoms with Gasteiger partial charge in [0.05, 0.1) is 6.61 Å². The summed E-state index contributed by atoms with van der Waals surface area (Å²) in [5.74, 6) is 2.21. The Morgan fingerprint density at radius 2 is 1.84 bits per heavy atom. The molecule has 0 bridgehead atoms. The lowest BCUT2D eigenvalue weighted by Gasteiger charge is -2.48. The van der Waals surface area contributed by atoms with E-state index in [1.165, 1.54) is 5.56 Å². The molecule has 1 amide bonds. The second-order valence-electron chi connectivity index (χ2n) is 7.60. The summed E-state index contributed by atoms with van der Waals surface area (Å²) in [5.41, 5.74) is 2.52. The van der Waals surface area contributed by atoms with Gasteiger partial charge in [-0.25, -0.2) is 9.97 Å². The Balaban J connectivity index is 1.68. The number of carbonyl (C=O) groups excluding carboxylic acids is 1. The highest BCUT2D eigenvalue weighted by Crippen LogP contribution is 2.41. The van der Waals surface area contributed by atoms with Gasteiger partial charge >= 0.3 is 0 Å². The highest BCUT2D eigenvalue weighted by atomic mass is 16.5. The fourth-order valence-electron chi connectivity index (χ4n) is 4.17. The van der Waals surface area contributed by atoms with E-state index in [9.17, 15) is 4.79 Å². The third-order valence-corrected chi connectivity index (χ3v) is 5.91. The first kappa shape index (κ1) is 18.1. The number of amides is 1. The lowest BCUT2D eigenvalue weighted by atomic mass is 9.72. The molecule has 3 heterocycles. The molecule has 0 saturated carbocycles. The number of aromatic nitrogens is 2.